The number of ketones is 1. The minimum absolute atomic E-state index is 0.0285. The molecule has 1 aromatic heterocycles. The number of anilines is 1. The van der Waals surface area contributed by atoms with Gasteiger partial charge in [0, 0.05) is 16.1 Å². The Kier molecular flexibility index (Phi) is 5.76. The maximum atomic E-state index is 13.8. The molecule has 4 aromatic rings. The van der Waals surface area contributed by atoms with Crippen molar-refractivity contribution in [3.8, 4) is 0 Å². The second-order valence-corrected chi connectivity index (χ2v) is 10.5. The first-order valence-electron chi connectivity index (χ1n) is 11.7. The first-order chi connectivity index (χ1) is 17.1. The van der Waals surface area contributed by atoms with Crippen LogP contribution < -0.4 is 4.90 Å². The predicted molar refractivity (Wildman–Crippen MR) is 142 cm³/mol. The highest BCUT2D eigenvalue weighted by Crippen LogP contribution is 2.43. The van der Waals surface area contributed by atoms with Crippen molar-refractivity contribution in [2.45, 2.75) is 39.2 Å². The fourth-order valence-electron chi connectivity index (χ4n) is 4.54. The highest BCUT2D eigenvalue weighted by molar-refractivity contribution is 6.31. The van der Waals surface area contributed by atoms with Crippen LogP contribution in [0.25, 0.3) is 11.0 Å². The lowest BCUT2D eigenvalue weighted by Crippen LogP contribution is -2.31. The molecular weight excluding hydrogens is 474 g/mol. The van der Waals surface area contributed by atoms with Crippen LogP contribution in [0.4, 0.5) is 5.69 Å². The zero-order chi connectivity index (χ0) is 25.8. The van der Waals surface area contributed by atoms with Crippen LogP contribution in [0.15, 0.2) is 88.5 Å². The highest BCUT2D eigenvalue weighted by atomic mass is 35.5. The molecule has 0 spiro atoms. The number of hydrogen-bond donors (Lipinski definition) is 1. The van der Waals surface area contributed by atoms with Gasteiger partial charge in [-0.2, -0.15) is 0 Å². The molecule has 1 N–H and O–H groups in total. The van der Waals surface area contributed by atoms with E-state index in [2.05, 4.69) is 20.8 Å². The van der Waals surface area contributed by atoms with Gasteiger partial charge in [0.05, 0.1) is 11.6 Å². The Morgan fingerprint density at radius 3 is 2.33 bits per heavy atom. The topological polar surface area (TPSA) is 70.8 Å². The summed E-state index contributed by atoms with van der Waals surface area (Å²) in [7, 11) is 0. The second kappa shape index (κ2) is 8.68. The second-order valence-electron chi connectivity index (χ2n) is 10.1. The van der Waals surface area contributed by atoms with Crippen LogP contribution in [0.2, 0.25) is 5.02 Å². The van der Waals surface area contributed by atoms with E-state index < -0.39 is 23.5 Å². The number of furan rings is 1. The van der Waals surface area contributed by atoms with Crippen LogP contribution in [0, 0.1) is 6.92 Å². The molecule has 182 valence electrons. The van der Waals surface area contributed by atoms with Crippen molar-refractivity contribution < 1.29 is 19.1 Å². The van der Waals surface area contributed by atoms with Crippen LogP contribution in [0.3, 0.4) is 0 Å². The van der Waals surface area contributed by atoms with Crippen LogP contribution >= 0.6 is 11.6 Å². The van der Waals surface area contributed by atoms with Gasteiger partial charge in [-0.15, -0.1) is 0 Å². The molecule has 1 atom stereocenters. The molecule has 0 radical (unpaired) electrons. The van der Waals surface area contributed by atoms with Crippen molar-refractivity contribution in [3.63, 3.8) is 0 Å². The van der Waals surface area contributed by atoms with E-state index in [4.69, 9.17) is 16.0 Å². The van der Waals surface area contributed by atoms with Crippen LogP contribution in [0.1, 0.15) is 54.1 Å². The number of carbonyl (C=O) groups is 2. The lowest BCUT2D eigenvalue weighted by Gasteiger charge is -2.28. The SMILES string of the molecule is Cc1ccc(N2C(=O)C(O)=C(C(=O)c3cc4ccccc4o3)C2c2ccc(C(C)(C)C)cc2)cc1Cl. The molecule has 0 fully saturated rings. The zero-order valence-electron chi connectivity index (χ0n) is 20.5. The Hall–Kier alpha value is -3.83. The summed E-state index contributed by atoms with van der Waals surface area (Å²) in [6.45, 7) is 8.21. The summed E-state index contributed by atoms with van der Waals surface area (Å²) >= 11 is 6.39. The molecule has 0 aliphatic carbocycles. The largest absolute Gasteiger partial charge is 0.503 e. The number of Topliss-reactive ketones (excluding diaryl/α,β-unsaturated/α-hetero) is 1. The summed E-state index contributed by atoms with van der Waals surface area (Å²) in [5.41, 5.74) is 3.60. The first kappa shape index (κ1) is 23.9. The van der Waals surface area contributed by atoms with Crippen molar-refractivity contribution in [1.29, 1.82) is 0 Å². The number of fused-ring (bicyclic) bond motifs is 1. The first-order valence-corrected chi connectivity index (χ1v) is 12.1. The molecule has 0 bridgehead atoms. The van der Waals surface area contributed by atoms with Gasteiger partial charge in [0.2, 0.25) is 5.78 Å². The van der Waals surface area contributed by atoms with Gasteiger partial charge in [0.1, 0.15) is 5.58 Å². The molecule has 1 amide bonds. The normalized spacial score (nSPS) is 16.3. The van der Waals surface area contributed by atoms with Crippen molar-refractivity contribution in [3.05, 3.63) is 112 Å². The predicted octanol–water partition coefficient (Wildman–Crippen LogP) is 7.48. The van der Waals surface area contributed by atoms with Gasteiger partial charge in [-0.25, -0.2) is 0 Å². The summed E-state index contributed by atoms with van der Waals surface area (Å²) in [6.07, 6.45) is 0. The van der Waals surface area contributed by atoms with Gasteiger partial charge in [-0.05, 0) is 53.3 Å². The molecular formula is C30H26ClNO4. The summed E-state index contributed by atoms with van der Waals surface area (Å²) in [4.78, 5) is 28.6. The molecule has 0 saturated carbocycles. The number of para-hydroxylation sites is 1. The molecule has 1 aliphatic rings. The molecule has 3 aromatic carbocycles. The van der Waals surface area contributed by atoms with Gasteiger partial charge in [-0.3, -0.25) is 14.5 Å². The number of rotatable bonds is 4. The minimum atomic E-state index is -0.856. The van der Waals surface area contributed by atoms with E-state index in [9.17, 15) is 14.7 Å². The fraction of sp³-hybridized carbons (Fsp3) is 0.200. The molecule has 6 heteroatoms. The highest BCUT2D eigenvalue weighted by Gasteiger charge is 2.45. The quantitative estimate of drug-likeness (QED) is 0.295. The number of hydrogen-bond acceptors (Lipinski definition) is 4. The Morgan fingerprint density at radius 2 is 1.69 bits per heavy atom. The number of aliphatic hydroxyl groups excluding tert-OH is 1. The minimum Gasteiger partial charge on any atom is -0.503 e. The van der Waals surface area contributed by atoms with E-state index in [0.29, 0.717) is 21.9 Å². The van der Waals surface area contributed by atoms with E-state index in [1.807, 2.05) is 49.4 Å². The lowest BCUT2D eigenvalue weighted by molar-refractivity contribution is -0.117. The number of aliphatic hydroxyl groups is 1. The molecule has 0 saturated heterocycles. The van der Waals surface area contributed by atoms with Gasteiger partial charge >= 0.3 is 0 Å². The molecule has 5 nitrogen and oxygen atoms in total. The lowest BCUT2D eigenvalue weighted by atomic mass is 9.85. The van der Waals surface area contributed by atoms with E-state index in [-0.39, 0.29) is 16.7 Å². The van der Waals surface area contributed by atoms with Crippen molar-refractivity contribution in [1.82, 2.24) is 0 Å². The Morgan fingerprint density at radius 1 is 1.00 bits per heavy atom. The Balaban J connectivity index is 1.66. The average molecular weight is 500 g/mol. The summed E-state index contributed by atoms with van der Waals surface area (Å²) in [6, 6.07) is 21.1. The molecule has 36 heavy (non-hydrogen) atoms. The van der Waals surface area contributed by atoms with E-state index >= 15 is 0 Å². The van der Waals surface area contributed by atoms with Crippen LogP contribution in [-0.4, -0.2) is 16.8 Å². The number of amides is 1. The van der Waals surface area contributed by atoms with Gasteiger partial charge < -0.3 is 9.52 Å². The van der Waals surface area contributed by atoms with E-state index in [1.54, 1.807) is 30.3 Å². The number of halogens is 1. The summed E-state index contributed by atoms with van der Waals surface area (Å²) in [5, 5.41) is 12.3. The van der Waals surface area contributed by atoms with Crippen LogP contribution in [-0.2, 0) is 10.2 Å². The molecule has 2 heterocycles. The molecule has 1 unspecified atom stereocenters. The summed E-state index contributed by atoms with van der Waals surface area (Å²) in [5.74, 6) is -1.74. The molecule has 1 aliphatic heterocycles. The van der Waals surface area contributed by atoms with E-state index in [1.165, 1.54) is 4.90 Å². The van der Waals surface area contributed by atoms with Crippen molar-refractivity contribution in [2.75, 3.05) is 4.90 Å². The third kappa shape index (κ3) is 3.99. The fourth-order valence-corrected chi connectivity index (χ4v) is 4.72. The van der Waals surface area contributed by atoms with Gasteiger partial charge in [0.25, 0.3) is 5.91 Å². The third-order valence-corrected chi connectivity index (χ3v) is 7.04. The number of benzene rings is 3. The third-order valence-electron chi connectivity index (χ3n) is 6.63. The zero-order valence-corrected chi connectivity index (χ0v) is 21.3. The van der Waals surface area contributed by atoms with Crippen molar-refractivity contribution in [2.24, 2.45) is 0 Å². The Bertz CT molecular complexity index is 1510. The number of aryl methyl sites for hydroxylation is 1. The molecule has 5 rings (SSSR count). The maximum Gasteiger partial charge on any atom is 0.294 e. The summed E-state index contributed by atoms with van der Waals surface area (Å²) < 4.78 is 5.80. The smallest absolute Gasteiger partial charge is 0.294 e. The maximum absolute atomic E-state index is 13.8. The number of carbonyl (C=O) groups excluding carboxylic acids is 2. The van der Waals surface area contributed by atoms with E-state index in [0.717, 1.165) is 16.5 Å². The van der Waals surface area contributed by atoms with Gasteiger partial charge in [-0.1, -0.05) is 80.9 Å². The standard InChI is InChI=1S/C30H26ClNO4/c1-17-9-14-21(16-22(17)31)32-26(18-10-12-20(13-11-18)30(2,3)4)25(28(34)29(32)35)27(33)24-15-19-7-5-6-8-23(19)36-24/h5-16,26,34H,1-4H3. The van der Waals surface area contributed by atoms with Crippen LogP contribution in [0.5, 0.6) is 0 Å². The average Bonchev–Trinajstić information content (AvgIpc) is 3.39. The van der Waals surface area contributed by atoms with Crippen molar-refractivity contribution >= 4 is 39.9 Å². The van der Waals surface area contributed by atoms with Gasteiger partial charge in [0.15, 0.2) is 11.5 Å². The number of nitrogens with zero attached hydrogens (tertiary/aromatic N) is 1. The monoisotopic (exact) mass is 499 g/mol. The Labute approximate surface area is 214 Å².